The van der Waals surface area contributed by atoms with Gasteiger partial charge < -0.3 is 9.30 Å². The maximum atomic E-state index is 5.36. The van der Waals surface area contributed by atoms with Gasteiger partial charge in [0.05, 0.1) is 11.6 Å². The summed E-state index contributed by atoms with van der Waals surface area (Å²) in [5.41, 5.74) is 2.40. The molecule has 1 rings (SSSR count). The Morgan fingerprint density at radius 3 is 2.62 bits per heavy atom. The molecule has 0 saturated carbocycles. The quantitative estimate of drug-likeness (QED) is 0.435. The first-order valence-corrected chi connectivity index (χ1v) is 6.79. The number of thioether (sulfide) groups is 1. The molecule has 0 aliphatic carbocycles. The SMILES string of the molecule is CCOCSc1nc(C)c(C)n1CC(C)C. The van der Waals surface area contributed by atoms with Crippen LogP contribution in [0.4, 0.5) is 0 Å². The third-order valence-corrected chi connectivity index (χ3v) is 3.30. The molecule has 0 aliphatic rings. The van der Waals surface area contributed by atoms with Crippen LogP contribution in [0, 0.1) is 19.8 Å². The summed E-state index contributed by atoms with van der Waals surface area (Å²) in [6, 6.07) is 0. The molecule has 1 heterocycles. The molecule has 92 valence electrons. The Labute approximate surface area is 103 Å². The van der Waals surface area contributed by atoms with Gasteiger partial charge in [-0.1, -0.05) is 25.6 Å². The average molecular weight is 242 g/mol. The number of rotatable bonds is 6. The molecule has 0 spiro atoms. The van der Waals surface area contributed by atoms with Gasteiger partial charge in [-0.15, -0.1) is 0 Å². The first-order valence-electron chi connectivity index (χ1n) is 5.80. The molecule has 0 unspecified atom stereocenters. The molecule has 3 nitrogen and oxygen atoms in total. The number of nitrogens with zero attached hydrogens (tertiary/aromatic N) is 2. The Morgan fingerprint density at radius 1 is 1.38 bits per heavy atom. The summed E-state index contributed by atoms with van der Waals surface area (Å²) in [5.74, 6) is 1.32. The number of ether oxygens (including phenoxy) is 1. The van der Waals surface area contributed by atoms with E-state index in [4.69, 9.17) is 4.74 Å². The first-order chi connectivity index (χ1) is 7.56. The van der Waals surface area contributed by atoms with Crippen molar-refractivity contribution in [2.45, 2.75) is 46.3 Å². The Balaban J connectivity index is 2.77. The van der Waals surface area contributed by atoms with Gasteiger partial charge in [-0.25, -0.2) is 4.98 Å². The molecule has 1 aromatic heterocycles. The van der Waals surface area contributed by atoms with E-state index < -0.39 is 0 Å². The molecule has 0 aromatic carbocycles. The lowest BCUT2D eigenvalue weighted by Gasteiger charge is -2.12. The number of hydrogen-bond acceptors (Lipinski definition) is 3. The Kier molecular flexibility index (Phi) is 5.35. The van der Waals surface area contributed by atoms with Crippen molar-refractivity contribution < 1.29 is 4.74 Å². The Morgan fingerprint density at radius 2 is 2.06 bits per heavy atom. The van der Waals surface area contributed by atoms with Gasteiger partial charge in [0.2, 0.25) is 0 Å². The van der Waals surface area contributed by atoms with Crippen LogP contribution in [0.3, 0.4) is 0 Å². The fourth-order valence-electron chi connectivity index (χ4n) is 1.49. The fourth-order valence-corrected chi connectivity index (χ4v) is 2.42. The highest BCUT2D eigenvalue weighted by Gasteiger charge is 2.12. The highest BCUT2D eigenvalue weighted by atomic mass is 32.2. The molecule has 0 fully saturated rings. The van der Waals surface area contributed by atoms with Crippen molar-refractivity contribution in [3.63, 3.8) is 0 Å². The molecule has 0 N–H and O–H groups in total. The van der Waals surface area contributed by atoms with Crippen LogP contribution in [0.2, 0.25) is 0 Å². The third kappa shape index (κ3) is 3.52. The van der Waals surface area contributed by atoms with Gasteiger partial charge in [0.25, 0.3) is 0 Å². The van der Waals surface area contributed by atoms with Crippen molar-refractivity contribution in [2.24, 2.45) is 5.92 Å². The molecular formula is C12H22N2OS. The van der Waals surface area contributed by atoms with Crippen LogP contribution in [-0.4, -0.2) is 22.1 Å². The topological polar surface area (TPSA) is 27.1 Å². The van der Waals surface area contributed by atoms with E-state index in [1.807, 2.05) is 6.92 Å². The lowest BCUT2D eigenvalue weighted by atomic mass is 10.2. The first kappa shape index (κ1) is 13.6. The van der Waals surface area contributed by atoms with Gasteiger partial charge >= 0.3 is 0 Å². The van der Waals surface area contributed by atoms with Gasteiger partial charge in [-0.2, -0.15) is 0 Å². The second-order valence-electron chi connectivity index (χ2n) is 4.32. The summed E-state index contributed by atoms with van der Waals surface area (Å²) >= 11 is 1.68. The normalized spacial score (nSPS) is 11.4. The molecule has 4 heteroatoms. The molecule has 0 bridgehead atoms. The minimum Gasteiger partial charge on any atom is -0.371 e. The zero-order chi connectivity index (χ0) is 12.1. The lowest BCUT2D eigenvalue weighted by Crippen LogP contribution is -2.08. The van der Waals surface area contributed by atoms with E-state index in [1.54, 1.807) is 11.8 Å². The minimum absolute atomic E-state index is 0.638. The van der Waals surface area contributed by atoms with Crippen LogP contribution in [0.1, 0.15) is 32.2 Å². The van der Waals surface area contributed by atoms with Crippen LogP contribution in [0.15, 0.2) is 5.16 Å². The lowest BCUT2D eigenvalue weighted by molar-refractivity contribution is 0.199. The predicted octanol–water partition coefficient (Wildman–Crippen LogP) is 3.24. The average Bonchev–Trinajstić information content (AvgIpc) is 2.46. The second-order valence-corrected chi connectivity index (χ2v) is 5.21. The molecule has 0 amide bonds. The maximum Gasteiger partial charge on any atom is 0.170 e. The molecule has 1 aromatic rings. The molecular weight excluding hydrogens is 220 g/mol. The summed E-state index contributed by atoms with van der Waals surface area (Å²) in [7, 11) is 0. The number of imidazole rings is 1. The summed E-state index contributed by atoms with van der Waals surface area (Å²) in [5, 5.41) is 1.08. The van der Waals surface area contributed by atoms with Crippen molar-refractivity contribution in [3.8, 4) is 0 Å². The summed E-state index contributed by atoms with van der Waals surface area (Å²) in [6.07, 6.45) is 0. The standard InChI is InChI=1S/C12H22N2OS/c1-6-15-8-16-12-13-10(4)11(5)14(12)7-9(2)3/h9H,6-8H2,1-5H3. The van der Waals surface area contributed by atoms with E-state index in [2.05, 4.69) is 37.2 Å². The largest absolute Gasteiger partial charge is 0.371 e. The Hall–Kier alpha value is -0.480. The van der Waals surface area contributed by atoms with E-state index in [0.29, 0.717) is 11.9 Å². The smallest absolute Gasteiger partial charge is 0.170 e. The molecule has 0 radical (unpaired) electrons. The molecule has 16 heavy (non-hydrogen) atoms. The van der Waals surface area contributed by atoms with E-state index in [1.165, 1.54) is 5.69 Å². The minimum atomic E-state index is 0.638. The highest BCUT2D eigenvalue weighted by Crippen LogP contribution is 2.22. The third-order valence-electron chi connectivity index (χ3n) is 2.45. The molecule has 0 saturated heterocycles. The predicted molar refractivity (Wildman–Crippen MR) is 68.9 cm³/mol. The van der Waals surface area contributed by atoms with Crippen molar-refractivity contribution >= 4 is 11.8 Å². The molecule has 0 atom stereocenters. The second kappa shape index (κ2) is 6.30. The van der Waals surface area contributed by atoms with Crippen molar-refractivity contribution in [2.75, 3.05) is 12.5 Å². The van der Waals surface area contributed by atoms with Crippen molar-refractivity contribution in [1.82, 2.24) is 9.55 Å². The summed E-state index contributed by atoms with van der Waals surface area (Å²) < 4.78 is 7.65. The van der Waals surface area contributed by atoms with E-state index >= 15 is 0 Å². The monoisotopic (exact) mass is 242 g/mol. The van der Waals surface area contributed by atoms with Crippen LogP contribution < -0.4 is 0 Å². The van der Waals surface area contributed by atoms with Crippen LogP contribution >= 0.6 is 11.8 Å². The summed E-state index contributed by atoms with van der Waals surface area (Å²) in [4.78, 5) is 4.58. The van der Waals surface area contributed by atoms with Crippen LogP contribution in [0.5, 0.6) is 0 Å². The van der Waals surface area contributed by atoms with Crippen LogP contribution in [0.25, 0.3) is 0 Å². The van der Waals surface area contributed by atoms with Gasteiger partial charge in [-0.3, -0.25) is 0 Å². The van der Waals surface area contributed by atoms with Crippen molar-refractivity contribution in [1.29, 1.82) is 0 Å². The van der Waals surface area contributed by atoms with Crippen LogP contribution in [-0.2, 0) is 11.3 Å². The highest BCUT2D eigenvalue weighted by molar-refractivity contribution is 7.99. The van der Waals surface area contributed by atoms with E-state index in [-0.39, 0.29) is 0 Å². The van der Waals surface area contributed by atoms with Crippen molar-refractivity contribution in [3.05, 3.63) is 11.4 Å². The van der Waals surface area contributed by atoms with Gasteiger partial charge in [0, 0.05) is 18.8 Å². The number of aromatic nitrogens is 2. The number of aryl methyl sites for hydroxylation is 1. The fraction of sp³-hybridized carbons (Fsp3) is 0.750. The molecule has 0 aliphatic heterocycles. The Bertz CT molecular complexity index is 334. The zero-order valence-corrected chi connectivity index (χ0v) is 11.7. The van der Waals surface area contributed by atoms with Gasteiger partial charge in [0.15, 0.2) is 5.16 Å². The summed E-state index contributed by atoms with van der Waals surface area (Å²) in [6.45, 7) is 12.5. The van der Waals surface area contributed by atoms with Gasteiger partial charge in [-0.05, 0) is 26.7 Å². The van der Waals surface area contributed by atoms with Gasteiger partial charge in [0.1, 0.15) is 0 Å². The van der Waals surface area contributed by atoms with E-state index in [9.17, 15) is 0 Å². The number of hydrogen-bond donors (Lipinski definition) is 0. The van der Waals surface area contributed by atoms with E-state index in [0.717, 1.165) is 24.0 Å². The maximum absolute atomic E-state index is 5.36. The zero-order valence-electron chi connectivity index (χ0n) is 10.9.